The summed E-state index contributed by atoms with van der Waals surface area (Å²) in [5.41, 5.74) is 2.10. The molecule has 124 valence electrons. The maximum Gasteiger partial charge on any atom is 0.177 e. The topological polar surface area (TPSA) is 33.7 Å². The van der Waals surface area contributed by atoms with Crippen LogP contribution in [0.25, 0.3) is 10.6 Å². The van der Waals surface area contributed by atoms with Crippen LogP contribution in [0.2, 0.25) is 0 Å². The van der Waals surface area contributed by atoms with Crippen molar-refractivity contribution in [3.8, 4) is 10.6 Å². The predicted molar refractivity (Wildman–Crippen MR) is 92.8 cm³/mol. The number of hydrogen-bond donors (Lipinski definition) is 1. The maximum atomic E-state index is 13.0. The van der Waals surface area contributed by atoms with Gasteiger partial charge in [0, 0.05) is 11.8 Å². The molecule has 4 rings (SSSR count). The Hall–Kier alpha value is -2.18. The second-order valence-electron chi connectivity index (χ2n) is 6.05. The Balaban J connectivity index is 1.34. The van der Waals surface area contributed by atoms with E-state index < -0.39 is 0 Å². The summed E-state index contributed by atoms with van der Waals surface area (Å²) in [6, 6.07) is 12.9. The van der Waals surface area contributed by atoms with Crippen LogP contribution in [-0.4, -0.2) is 31.3 Å². The van der Waals surface area contributed by atoms with Gasteiger partial charge in [0.05, 0.1) is 31.1 Å². The lowest BCUT2D eigenvalue weighted by Crippen LogP contribution is -3.13. The number of nitrogens with zero attached hydrogens (tertiary/aromatic N) is 2. The Morgan fingerprint density at radius 2 is 1.96 bits per heavy atom. The van der Waals surface area contributed by atoms with E-state index in [0.29, 0.717) is 0 Å². The minimum atomic E-state index is -0.185. The second-order valence-corrected chi connectivity index (χ2v) is 7.00. The third kappa shape index (κ3) is 3.34. The van der Waals surface area contributed by atoms with Gasteiger partial charge < -0.3 is 14.3 Å². The van der Waals surface area contributed by atoms with Crippen molar-refractivity contribution in [2.24, 2.45) is 0 Å². The Morgan fingerprint density at radius 3 is 2.67 bits per heavy atom. The number of quaternary nitrogens is 1. The van der Waals surface area contributed by atoms with Crippen LogP contribution >= 0.6 is 11.3 Å². The Kier molecular flexibility index (Phi) is 4.32. The van der Waals surface area contributed by atoms with Crippen molar-refractivity contribution in [2.45, 2.75) is 6.54 Å². The van der Waals surface area contributed by atoms with Crippen molar-refractivity contribution < 1.29 is 13.8 Å². The fourth-order valence-electron chi connectivity index (χ4n) is 3.10. The summed E-state index contributed by atoms with van der Waals surface area (Å²) in [6.45, 7) is 4.90. The number of anilines is 1. The molecule has 1 fully saturated rings. The van der Waals surface area contributed by atoms with Crippen LogP contribution in [0.1, 0.15) is 5.69 Å². The van der Waals surface area contributed by atoms with Gasteiger partial charge in [-0.15, -0.1) is 11.3 Å². The monoisotopic (exact) mass is 344 g/mol. The van der Waals surface area contributed by atoms with E-state index >= 15 is 0 Å². The fourth-order valence-corrected chi connectivity index (χ4v) is 3.77. The Morgan fingerprint density at radius 1 is 1.17 bits per heavy atom. The number of benzene rings is 1. The minimum absolute atomic E-state index is 0.185. The Bertz CT molecular complexity index is 777. The highest BCUT2D eigenvalue weighted by Gasteiger charge is 2.22. The first-order chi connectivity index (χ1) is 11.8. The molecule has 4 nitrogen and oxygen atoms in total. The zero-order chi connectivity index (χ0) is 16.4. The summed E-state index contributed by atoms with van der Waals surface area (Å²) in [5, 5.41) is 6.25. The summed E-state index contributed by atoms with van der Waals surface area (Å²) in [4.78, 5) is 4.92. The highest BCUT2D eigenvalue weighted by molar-refractivity contribution is 7.13. The maximum absolute atomic E-state index is 13.0. The van der Waals surface area contributed by atoms with Crippen molar-refractivity contribution in [1.82, 2.24) is 5.16 Å². The fraction of sp³-hybridized carbons (Fsp3) is 0.278. The molecule has 1 aromatic carbocycles. The van der Waals surface area contributed by atoms with E-state index in [1.165, 1.54) is 17.0 Å². The van der Waals surface area contributed by atoms with E-state index in [1.54, 1.807) is 11.3 Å². The van der Waals surface area contributed by atoms with E-state index in [2.05, 4.69) is 10.1 Å². The van der Waals surface area contributed by atoms with Gasteiger partial charge in [-0.2, -0.15) is 0 Å². The SMILES string of the molecule is Fc1ccc(N2CC[NH+](Cc3cc(-c4cccs4)on3)CC2)cc1. The lowest BCUT2D eigenvalue weighted by Gasteiger charge is -2.33. The molecule has 0 atom stereocenters. The van der Waals surface area contributed by atoms with Crippen molar-refractivity contribution in [3.05, 3.63) is 59.4 Å². The highest BCUT2D eigenvalue weighted by atomic mass is 32.1. The highest BCUT2D eigenvalue weighted by Crippen LogP contribution is 2.24. The molecule has 3 heterocycles. The molecule has 1 saturated heterocycles. The first-order valence-corrected chi connectivity index (χ1v) is 8.99. The van der Waals surface area contributed by atoms with E-state index in [1.807, 2.05) is 35.7 Å². The van der Waals surface area contributed by atoms with Crippen LogP contribution in [0.5, 0.6) is 0 Å². The molecule has 3 aromatic rings. The summed E-state index contributed by atoms with van der Waals surface area (Å²) < 4.78 is 18.5. The van der Waals surface area contributed by atoms with Crippen LogP contribution < -0.4 is 9.80 Å². The van der Waals surface area contributed by atoms with Crippen molar-refractivity contribution in [3.63, 3.8) is 0 Å². The van der Waals surface area contributed by atoms with Gasteiger partial charge in [0.2, 0.25) is 0 Å². The first kappa shape index (κ1) is 15.4. The molecule has 0 unspecified atom stereocenters. The van der Waals surface area contributed by atoms with Crippen molar-refractivity contribution >= 4 is 17.0 Å². The molecule has 1 N–H and O–H groups in total. The molecule has 1 aliphatic rings. The zero-order valence-corrected chi connectivity index (χ0v) is 14.1. The van der Waals surface area contributed by atoms with Crippen LogP contribution in [0, 0.1) is 5.82 Å². The molecule has 0 spiro atoms. The van der Waals surface area contributed by atoms with Crippen LogP contribution in [0.4, 0.5) is 10.1 Å². The van der Waals surface area contributed by atoms with Gasteiger partial charge in [0.1, 0.15) is 18.1 Å². The lowest BCUT2D eigenvalue weighted by atomic mass is 10.2. The van der Waals surface area contributed by atoms with Crippen LogP contribution in [-0.2, 0) is 6.54 Å². The number of rotatable bonds is 4. The number of halogens is 1. The molecule has 24 heavy (non-hydrogen) atoms. The lowest BCUT2D eigenvalue weighted by molar-refractivity contribution is -0.914. The predicted octanol–water partition coefficient (Wildman–Crippen LogP) is 2.45. The third-order valence-electron chi connectivity index (χ3n) is 4.42. The molecule has 0 saturated carbocycles. The number of hydrogen-bond acceptors (Lipinski definition) is 4. The second kappa shape index (κ2) is 6.75. The van der Waals surface area contributed by atoms with Crippen LogP contribution in [0.15, 0.2) is 52.4 Å². The molecule has 2 aromatic heterocycles. The number of thiophene rings is 1. The normalized spacial score (nSPS) is 15.8. The smallest absolute Gasteiger partial charge is 0.177 e. The molecular formula is C18H19FN3OS+. The Labute approximate surface area is 144 Å². The first-order valence-electron chi connectivity index (χ1n) is 8.11. The minimum Gasteiger partial charge on any atom is -0.360 e. The number of aromatic nitrogens is 1. The summed E-state index contributed by atoms with van der Waals surface area (Å²) in [5.74, 6) is 0.667. The van der Waals surface area contributed by atoms with Crippen LogP contribution in [0.3, 0.4) is 0 Å². The molecule has 0 radical (unpaired) electrons. The van der Waals surface area contributed by atoms with Gasteiger partial charge in [0.15, 0.2) is 5.76 Å². The molecular weight excluding hydrogens is 325 g/mol. The average Bonchev–Trinajstić information content (AvgIpc) is 3.28. The molecule has 0 amide bonds. The molecule has 1 aliphatic heterocycles. The van der Waals surface area contributed by atoms with E-state index in [9.17, 15) is 4.39 Å². The summed E-state index contributed by atoms with van der Waals surface area (Å²) in [6.07, 6.45) is 0. The van der Waals surface area contributed by atoms with E-state index in [-0.39, 0.29) is 5.82 Å². The van der Waals surface area contributed by atoms with Crippen molar-refractivity contribution in [1.29, 1.82) is 0 Å². The third-order valence-corrected chi connectivity index (χ3v) is 5.30. The van der Waals surface area contributed by atoms with E-state index in [4.69, 9.17) is 4.52 Å². The van der Waals surface area contributed by atoms with E-state index in [0.717, 1.165) is 54.7 Å². The molecule has 0 aliphatic carbocycles. The van der Waals surface area contributed by atoms with Gasteiger partial charge in [-0.25, -0.2) is 4.39 Å². The van der Waals surface area contributed by atoms with Crippen molar-refractivity contribution in [2.75, 3.05) is 31.1 Å². The van der Waals surface area contributed by atoms with Gasteiger partial charge in [0.25, 0.3) is 0 Å². The summed E-state index contributed by atoms with van der Waals surface area (Å²) in [7, 11) is 0. The zero-order valence-electron chi connectivity index (χ0n) is 13.2. The average molecular weight is 344 g/mol. The van der Waals surface area contributed by atoms with Gasteiger partial charge in [-0.3, -0.25) is 0 Å². The largest absolute Gasteiger partial charge is 0.360 e. The van der Waals surface area contributed by atoms with Gasteiger partial charge in [-0.05, 0) is 35.7 Å². The van der Waals surface area contributed by atoms with Gasteiger partial charge in [-0.1, -0.05) is 11.2 Å². The summed E-state index contributed by atoms with van der Waals surface area (Å²) >= 11 is 1.66. The molecule has 0 bridgehead atoms. The standard InChI is InChI=1S/C18H18FN3OS/c19-14-3-5-16(6-4-14)22-9-7-21(8-10-22)13-15-12-17(23-20-15)18-2-1-11-24-18/h1-6,11-12H,7-10,13H2/p+1. The molecule has 6 heteroatoms. The quantitative estimate of drug-likeness (QED) is 0.789. The number of nitrogens with one attached hydrogen (secondary N) is 1. The van der Waals surface area contributed by atoms with Gasteiger partial charge >= 0.3 is 0 Å². The number of piperazine rings is 1.